The lowest BCUT2D eigenvalue weighted by Gasteiger charge is -2.39. The van der Waals surface area contributed by atoms with E-state index in [9.17, 15) is 9.59 Å². The van der Waals surface area contributed by atoms with Gasteiger partial charge in [-0.3, -0.25) is 9.59 Å². The van der Waals surface area contributed by atoms with Gasteiger partial charge in [0.25, 0.3) is 11.8 Å². The highest BCUT2D eigenvalue weighted by Gasteiger charge is 2.42. The van der Waals surface area contributed by atoms with Gasteiger partial charge in [0, 0.05) is 51.7 Å². The lowest BCUT2D eigenvalue weighted by Crippen LogP contribution is -2.56. The SMILES string of the molecule is COC1(C(=O)NCCN(C)C)CCN(C(=O)c2ccc(-n3cnnn3)cc2)CC1. The van der Waals surface area contributed by atoms with Gasteiger partial charge in [-0.25, -0.2) is 4.68 Å². The van der Waals surface area contributed by atoms with Gasteiger partial charge < -0.3 is 19.9 Å². The number of likely N-dealkylation sites (tertiary alicyclic amines) is 1. The highest BCUT2D eigenvalue weighted by atomic mass is 16.5. The van der Waals surface area contributed by atoms with Gasteiger partial charge in [-0.2, -0.15) is 0 Å². The number of carbonyl (C=O) groups is 2. The molecule has 1 fully saturated rings. The second-order valence-electron chi connectivity index (χ2n) is 7.35. The standard InChI is InChI=1S/C19H27N7O3/c1-24(2)13-10-20-18(28)19(29-3)8-11-25(12-9-19)17(27)15-4-6-16(7-5-15)26-14-21-22-23-26/h4-7,14H,8-13H2,1-3H3,(H,20,28). The Balaban J connectivity index is 1.58. The third kappa shape index (κ3) is 4.77. The van der Waals surface area contributed by atoms with Crippen molar-refractivity contribution in [3.63, 3.8) is 0 Å². The summed E-state index contributed by atoms with van der Waals surface area (Å²) in [6, 6.07) is 7.10. The fraction of sp³-hybridized carbons (Fsp3) is 0.526. The number of hydrogen-bond acceptors (Lipinski definition) is 7. The molecule has 10 nitrogen and oxygen atoms in total. The van der Waals surface area contributed by atoms with Crippen LogP contribution in [0.5, 0.6) is 0 Å². The summed E-state index contributed by atoms with van der Waals surface area (Å²) in [7, 11) is 5.47. The van der Waals surface area contributed by atoms with Crippen molar-refractivity contribution in [3.8, 4) is 5.69 Å². The van der Waals surface area contributed by atoms with Crippen LogP contribution in [0.2, 0.25) is 0 Å². The van der Waals surface area contributed by atoms with Crippen LogP contribution in [0.4, 0.5) is 0 Å². The third-order valence-corrected chi connectivity index (χ3v) is 5.24. The summed E-state index contributed by atoms with van der Waals surface area (Å²) in [6.07, 6.45) is 2.42. The van der Waals surface area contributed by atoms with Crippen molar-refractivity contribution in [2.75, 3.05) is 47.4 Å². The van der Waals surface area contributed by atoms with Crippen LogP contribution in [-0.4, -0.2) is 94.8 Å². The van der Waals surface area contributed by atoms with Crippen molar-refractivity contribution in [1.82, 2.24) is 35.3 Å². The normalized spacial score (nSPS) is 16.1. The summed E-state index contributed by atoms with van der Waals surface area (Å²) in [5.74, 6) is -0.175. The Morgan fingerprint density at radius 1 is 1.21 bits per heavy atom. The third-order valence-electron chi connectivity index (χ3n) is 5.24. The lowest BCUT2D eigenvalue weighted by atomic mass is 9.89. The smallest absolute Gasteiger partial charge is 0.253 e. The van der Waals surface area contributed by atoms with Gasteiger partial charge in [0.15, 0.2) is 0 Å². The second kappa shape index (κ2) is 9.10. The molecule has 1 N–H and O–H groups in total. The minimum Gasteiger partial charge on any atom is -0.368 e. The Morgan fingerprint density at radius 2 is 1.90 bits per heavy atom. The number of benzene rings is 1. The molecule has 1 aliphatic heterocycles. The largest absolute Gasteiger partial charge is 0.368 e. The molecule has 3 rings (SSSR count). The zero-order chi connectivity index (χ0) is 20.9. The summed E-state index contributed by atoms with van der Waals surface area (Å²) in [4.78, 5) is 29.3. The van der Waals surface area contributed by atoms with E-state index in [4.69, 9.17) is 4.74 Å². The van der Waals surface area contributed by atoms with E-state index in [1.54, 1.807) is 36.3 Å². The average Bonchev–Trinajstić information content (AvgIpc) is 3.28. The fourth-order valence-electron chi connectivity index (χ4n) is 3.37. The topological polar surface area (TPSA) is 105 Å². The summed E-state index contributed by atoms with van der Waals surface area (Å²) < 4.78 is 7.13. The minimum atomic E-state index is -0.882. The molecule has 1 aromatic carbocycles. The van der Waals surface area contributed by atoms with Gasteiger partial charge in [-0.15, -0.1) is 5.10 Å². The molecule has 1 aliphatic rings. The van der Waals surface area contributed by atoms with E-state index >= 15 is 0 Å². The molecular weight excluding hydrogens is 374 g/mol. The maximum absolute atomic E-state index is 12.8. The molecular formula is C19H27N7O3. The molecule has 0 bridgehead atoms. The molecule has 0 saturated carbocycles. The number of rotatable bonds is 7. The number of tetrazole rings is 1. The Labute approximate surface area is 169 Å². The molecule has 10 heteroatoms. The Kier molecular flexibility index (Phi) is 6.55. The van der Waals surface area contributed by atoms with Crippen molar-refractivity contribution in [3.05, 3.63) is 36.2 Å². The summed E-state index contributed by atoms with van der Waals surface area (Å²) >= 11 is 0. The molecule has 1 aromatic heterocycles. The first-order valence-electron chi connectivity index (χ1n) is 9.56. The lowest BCUT2D eigenvalue weighted by molar-refractivity contribution is -0.148. The monoisotopic (exact) mass is 401 g/mol. The number of methoxy groups -OCH3 is 1. The van der Waals surface area contributed by atoms with E-state index in [-0.39, 0.29) is 11.8 Å². The number of hydrogen-bond donors (Lipinski definition) is 1. The molecule has 0 unspecified atom stereocenters. The number of nitrogens with zero attached hydrogens (tertiary/aromatic N) is 6. The Hall–Kier alpha value is -2.85. The first-order chi connectivity index (χ1) is 13.9. The Bertz CT molecular complexity index is 813. The molecule has 0 aliphatic carbocycles. The van der Waals surface area contributed by atoms with Crippen LogP contribution >= 0.6 is 0 Å². The van der Waals surface area contributed by atoms with Crippen molar-refractivity contribution in [2.45, 2.75) is 18.4 Å². The van der Waals surface area contributed by atoms with E-state index in [0.717, 1.165) is 12.2 Å². The molecule has 2 heterocycles. The molecule has 0 radical (unpaired) electrons. The van der Waals surface area contributed by atoms with Crippen LogP contribution < -0.4 is 5.32 Å². The number of carbonyl (C=O) groups excluding carboxylic acids is 2. The predicted molar refractivity (Wildman–Crippen MR) is 106 cm³/mol. The van der Waals surface area contributed by atoms with Gasteiger partial charge in [-0.05, 0) is 48.8 Å². The van der Waals surface area contributed by atoms with E-state index in [1.165, 1.54) is 11.0 Å². The number of likely N-dealkylation sites (N-methyl/N-ethyl adjacent to an activating group) is 1. The van der Waals surface area contributed by atoms with Crippen LogP contribution in [0, 0.1) is 0 Å². The number of piperidine rings is 1. The zero-order valence-electron chi connectivity index (χ0n) is 17.0. The van der Waals surface area contributed by atoms with Crippen LogP contribution in [0.15, 0.2) is 30.6 Å². The number of aromatic nitrogens is 4. The van der Waals surface area contributed by atoms with E-state index in [1.807, 2.05) is 19.0 Å². The number of amides is 2. The van der Waals surface area contributed by atoms with Crippen molar-refractivity contribution in [1.29, 1.82) is 0 Å². The zero-order valence-corrected chi connectivity index (χ0v) is 17.0. The number of nitrogens with one attached hydrogen (secondary N) is 1. The van der Waals surface area contributed by atoms with Gasteiger partial charge in [-0.1, -0.05) is 0 Å². The highest BCUT2D eigenvalue weighted by molar-refractivity contribution is 5.95. The number of ether oxygens (including phenoxy) is 1. The van der Waals surface area contributed by atoms with E-state index in [2.05, 4.69) is 20.8 Å². The van der Waals surface area contributed by atoms with Gasteiger partial charge in [0.1, 0.15) is 11.9 Å². The first kappa shape index (κ1) is 20.9. The van der Waals surface area contributed by atoms with Gasteiger partial charge >= 0.3 is 0 Å². The quantitative estimate of drug-likeness (QED) is 0.694. The van der Waals surface area contributed by atoms with Crippen LogP contribution in [-0.2, 0) is 9.53 Å². The van der Waals surface area contributed by atoms with Gasteiger partial charge in [0.2, 0.25) is 0 Å². The summed E-state index contributed by atoms with van der Waals surface area (Å²) in [6.45, 7) is 2.25. The second-order valence-corrected chi connectivity index (χ2v) is 7.35. The molecule has 0 spiro atoms. The fourth-order valence-corrected chi connectivity index (χ4v) is 3.37. The van der Waals surface area contributed by atoms with Crippen molar-refractivity contribution in [2.24, 2.45) is 0 Å². The molecule has 2 aromatic rings. The molecule has 0 atom stereocenters. The van der Waals surface area contributed by atoms with E-state index < -0.39 is 5.60 Å². The predicted octanol–water partition coefficient (Wildman–Crippen LogP) is -0.0387. The van der Waals surface area contributed by atoms with Crippen LogP contribution in [0.3, 0.4) is 0 Å². The van der Waals surface area contributed by atoms with Crippen LogP contribution in [0.25, 0.3) is 5.69 Å². The molecule has 156 valence electrons. The average molecular weight is 401 g/mol. The summed E-state index contributed by atoms with van der Waals surface area (Å²) in [5, 5.41) is 14.0. The molecule has 1 saturated heterocycles. The van der Waals surface area contributed by atoms with E-state index in [0.29, 0.717) is 38.0 Å². The summed E-state index contributed by atoms with van der Waals surface area (Å²) in [5.41, 5.74) is 0.479. The highest BCUT2D eigenvalue weighted by Crippen LogP contribution is 2.27. The van der Waals surface area contributed by atoms with Gasteiger partial charge in [0.05, 0.1) is 5.69 Å². The maximum Gasteiger partial charge on any atom is 0.253 e. The minimum absolute atomic E-state index is 0.0639. The molecule has 2 amide bonds. The Morgan fingerprint density at radius 3 is 2.45 bits per heavy atom. The first-order valence-corrected chi connectivity index (χ1v) is 9.56. The van der Waals surface area contributed by atoms with Crippen molar-refractivity contribution >= 4 is 11.8 Å². The van der Waals surface area contributed by atoms with Crippen LogP contribution in [0.1, 0.15) is 23.2 Å². The maximum atomic E-state index is 12.8. The van der Waals surface area contributed by atoms with Crippen molar-refractivity contribution < 1.29 is 14.3 Å². The molecule has 29 heavy (non-hydrogen) atoms.